The number of ether oxygens (including phenoxy) is 1. The fourth-order valence-corrected chi connectivity index (χ4v) is 4.54. The molecule has 0 amide bonds. The second-order valence-corrected chi connectivity index (χ2v) is 9.66. The monoisotopic (exact) mass is 448 g/mol. The minimum Gasteiger partial charge on any atom is -0.492 e. The molecule has 0 atom stereocenters. The van der Waals surface area contributed by atoms with E-state index in [-0.39, 0.29) is 4.90 Å². The highest BCUT2D eigenvalue weighted by atomic mass is 32.2. The summed E-state index contributed by atoms with van der Waals surface area (Å²) in [5.41, 5.74) is 1.76. The van der Waals surface area contributed by atoms with Crippen molar-refractivity contribution in [1.82, 2.24) is 9.21 Å². The van der Waals surface area contributed by atoms with E-state index in [9.17, 15) is 8.42 Å². The average molecular weight is 449 g/mol. The summed E-state index contributed by atoms with van der Waals surface area (Å²) in [5.74, 6) is 0.896. The van der Waals surface area contributed by atoms with Crippen LogP contribution in [0.5, 0.6) is 5.75 Å². The van der Waals surface area contributed by atoms with E-state index in [0.29, 0.717) is 17.4 Å². The fourth-order valence-electron chi connectivity index (χ4n) is 3.29. The van der Waals surface area contributed by atoms with Crippen LogP contribution < -0.4 is 15.0 Å². The molecule has 0 saturated carbocycles. The minimum atomic E-state index is -3.49. The van der Waals surface area contributed by atoms with Gasteiger partial charge in [-0.3, -0.25) is 0 Å². The molecule has 0 bridgehead atoms. The molecular formula is C21H28N4O3S2. The molecule has 1 aliphatic rings. The molecule has 1 fully saturated rings. The van der Waals surface area contributed by atoms with Crippen LogP contribution in [-0.4, -0.2) is 69.6 Å². The maximum absolute atomic E-state index is 12.4. The first-order valence-electron chi connectivity index (χ1n) is 9.88. The molecule has 3 rings (SSSR count). The number of sulfonamides is 1. The lowest BCUT2D eigenvalue weighted by molar-refractivity contribution is 0.336. The third kappa shape index (κ3) is 5.03. The fraction of sp³-hybridized carbons (Fsp3) is 0.381. The Hall–Kier alpha value is -2.36. The summed E-state index contributed by atoms with van der Waals surface area (Å²) >= 11 is 5.58. The highest BCUT2D eigenvalue weighted by molar-refractivity contribution is 7.89. The zero-order chi connectivity index (χ0) is 21.7. The van der Waals surface area contributed by atoms with Crippen molar-refractivity contribution < 1.29 is 13.2 Å². The van der Waals surface area contributed by atoms with Crippen molar-refractivity contribution in [3.8, 4) is 5.75 Å². The van der Waals surface area contributed by atoms with E-state index < -0.39 is 10.0 Å². The lowest BCUT2D eigenvalue weighted by atomic mass is 10.2. The number of benzene rings is 2. The summed E-state index contributed by atoms with van der Waals surface area (Å²) in [7, 11) is -0.455. The van der Waals surface area contributed by atoms with E-state index >= 15 is 0 Å². The summed E-state index contributed by atoms with van der Waals surface area (Å²) < 4.78 is 31.7. The Labute approximate surface area is 184 Å². The zero-order valence-corrected chi connectivity index (χ0v) is 19.2. The molecule has 0 unspecified atom stereocenters. The van der Waals surface area contributed by atoms with Crippen LogP contribution in [0.15, 0.2) is 53.4 Å². The van der Waals surface area contributed by atoms with E-state index in [1.165, 1.54) is 18.4 Å². The quantitative estimate of drug-likeness (QED) is 0.682. The van der Waals surface area contributed by atoms with Gasteiger partial charge in [0.05, 0.1) is 17.2 Å². The second-order valence-electron chi connectivity index (χ2n) is 7.12. The smallest absolute Gasteiger partial charge is 0.242 e. The highest BCUT2D eigenvalue weighted by Gasteiger charge is 2.22. The summed E-state index contributed by atoms with van der Waals surface area (Å²) in [4.78, 5) is 4.63. The number of hydrogen-bond acceptors (Lipinski definition) is 5. The number of thiocarbonyl (C=S) groups is 1. The average Bonchev–Trinajstić information content (AvgIpc) is 2.74. The van der Waals surface area contributed by atoms with Crippen molar-refractivity contribution in [2.24, 2.45) is 0 Å². The Morgan fingerprint density at radius 3 is 2.47 bits per heavy atom. The first kappa shape index (κ1) is 22.3. The SMILES string of the molecule is CCOc1ccccc1N1CCN(C(=S)Nc2cccc(S(=O)(=O)N(C)C)c2)CC1. The van der Waals surface area contributed by atoms with Gasteiger partial charge in [-0.05, 0) is 49.5 Å². The number of piperazine rings is 1. The molecule has 1 aliphatic heterocycles. The number of hydrogen-bond donors (Lipinski definition) is 1. The molecule has 1 N–H and O–H groups in total. The molecule has 1 saturated heterocycles. The Balaban J connectivity index is 1.63. The Morgan fingerprint density at radius 2 is 1.80 bits per heavy atom. The molecule has 2 aromatic carbocycles. The molecule has 2 aromatic rings. The molecule has 1 heterocycles. The Kier molecular flexibility index (Phi) is 7.17. The van der Waals surface area contributed by atoms with Gasteiger partial charge < -0.3 is 19.9 Å². The molecule has 7 nitrogen and oxygen atoms in total. The van der Waals surface area contributed by atoms with Gasteiger partial charge in [-0.2, -0.15) is 0 Å². The summed E-state index contributed by atoms with van der Waals surface area (Å²) in [6, 6.07) is 14.8. The Bertz CT molecular complexity index is 987. The minimum absolute atomic E-state index is 0.234. The summed E-state index contributed by atoms with van der Waals surface area (Å²) in [5, 5.41) is 3.77. The number of nitrogens with zero attached hydrogens (tertiary/aromatic N) is 3. The third-order valence-corrected chi connectivity index (χ3v) is 7.11. The van der Waals surface area contributed by atoms with E-state index in [4.69, 9.17) is 17.0 Å². The van der Waals surface area contributed by atoms with Gasteiger partial charge >= 0.3 is 0 Å². The molecule has 162 valence electrons. The molecule has 0 aromatic heterocycles. The van der Waals surface area contributed by atoms with Gasteiger partial charge in [0.2, 0.25) is 10.0 Å². The second kappa shape index (κ2) is 9.63. The molecule has 9 heteroatoms. The first-order chi connectivity index (χ1) is 14.3. The highest BCUT2D eigenvalue weighted by Crippen LogP contribution is 2.29. The van der Waals surface area contributed by atoms with Crippen molar-refractivity contribution in [2.75, 3.05) is 57.1 Å². The maximum Gasteiger partial charge on any atom is 0.242 e. The molecule has 0 radical (unpaired) electrons. The van der Waals surface area contributed by atoms with Gasteiger partial charge in [0.1, 0.15) is 5.75 Å². The predicted molar refractivity (Wildman–Crippen MR) is 125 cm³/mol. The number of rotatable bonds is 6. The lowest BCUT2D eigenvalue weighted by Crippen LogP contribution is -2.50. The molecule has 0 aliphatic carbocycles. The van der Waals surface area contributed by atoms with Crippen molar-refractivity contribution in [1.29, 1.82) is 0 Å². The maximum atomic E-state index is 12.4. The summed E-state index contributed by atoms with van der Waals surface area (Å²) in [6.45, 7) is 5.79. The topological polar surface area (TPSA) is 65.1 Å². The van der Waals surface area contributed by atoms with Gasteiger partial charge in [0, 0.05) is 46.0 Å². The zero-order valence-electron chi connectivity index (χ0n) is 17.5. The summed E-state index contributed by atoms with van der Waals surface area (Å²) in [6.07, 6.45) is 0. The van der Waals surface area contributed by atoms with Gasteiger partial charge in [0.15, 0.2) is 5.11 Å². The van der Waals surface area contributed by atoms with Crippen LogP contribution >= 0.6 is 12.2 Å². The molecular weight excluding hydrogens is 420 g/mol. The third-order valence-electron chi connectivity index (χ3n) is 4.94. The molecule has 0 spiro atoms. The van der Waals surface area contributed by atoms with Crippen molar-refractivity contribution in [3.63, 3.8) is 0 Å². The number of anilines is 2. The van der Waals surface area contributed by atoms with Crippen molar-refractivity contribution in [2.45, 2.75) is 11.8 Å². The van der Waals surface area contributed by atoms with Crippen LogP contribution in [-0.2, 0) is 10.0 Å². The Morgan fingerprint density at radius 1 is 1.10 bits per heavy atom. The van der Waals surface area contributed by atoms with Gasteiger partial charge in [0.25, 0.3) is 0 Å². The van der Waals surface area contributed by atoms with Crippen molar-refractivity contribution in [3.05, 3.63) is 48.5 Å². The van der Waals surface area contributed by atoms with E-state index in [1.807, 2.05) is 31.2 Å². The van der Waals surface area contributed by atoms with Gasteiger partial charge in [-0.1, -0.05) is 18.2 Å². The van der Waals surface area contributed by atoms with Gasteiger partial charge in [-0.15, -0.1) is 0 Å². The van der Waals surface area contributed by atoms with Gasteiger partial charge in [-0.25, -0.2) is 12.7 Å². The molecule has 30 heavy (non-hydrogen) atoms. The predicted octanol–water partition coefficient (Wildman–Crippen LogP) is 2.85. The van der Waals surface area contributed by atoms with Crippen molar-refractivity contribution >= 4 is 38.7 Å². The number of para-hydroxylation sites is 2. The standard InChI is InChI=1S/C21H28N4O3S2/c1-4-28-20-11-6-5-10-19(20)24-12-14-25(15-13-24)21(29)22-17-8-7-9-18(16-17)30(26,27)23(2)3/h5-11,16H,4,12-15H2,1-3H3,(H,22,29). The van der Waals surface area contributed by atoms with Crippen LogP contribution in [0.3, 0.4) is 0 Å². The first-order valence-corrected chi connectivity index (χ1v) is 11.7. The largest absolute Gasteiger partial charge is 0.492 e. The van der Waals surface area contributed by atoms with Crippen LogP contribution in [0.1, 0.15) is 6.92 Å². The van der Waals surface area contributed by atoms with Crippen LogP contribution in [0.2, 0.25) is 0 Å². The lowest BCUT2D eigenvalue weighted by Gasteiger charge is -2.38. The normalized spacial score (nSPS) is 14.7. The van der Waals surface area contributed by atoms with Crippen LogP contribution in [0.25, 0.3) is 0 Å². The van der Waals surface area contributed by atoms with Crippen LogP contribution in [0.4, 0.5) is 11.4 Å². The van der Waals surface area contributed by atoms with Crippen LogP contribution in [0, 0.1) is 0 Å². The van der Waals surface area contributed by atoms with E-state index in [2.05, 4.69) is 21.2 Å². The van der Waals surface area contributed by atoms with E-state index in [0.717, 1.165) is 37.6 Å². The number of nitrogens with one attached hydrogen (secondary N) is 1. The van der Waals surface area contributed by atoms with E-state index in [1.54, 1.807) is 18.2 Å².